The van der Waals surface area contributed by atoms with Crippen LogP contribution in [0.4, 0.5) is 5.69 Å². The van der Waals surface area contributed by atoms with Crippen LogP contribution in [-0.4, -0.2) is 67.1 Å². The summed E-state index contributed by atoms with van der Waals surface area (Å²) in [6.07, 6.45) is 1.00. The lowest BCUT2D eigenvalue weighted by molar-refractivity contribution is -0.953. The van der Waals surface area contributed by atoms with Crippen LogP contribution >= 0.6 is 0 Å². The molecule has 4 aliphatic heterocycles. The van der Waals surface area contributed by atoms with Crippen molar-refractivity contribution in [3.8, 4) is 0 Å². The zero-order valence-electron chi connectivity index (χ0n) is 13.2. The molecule has 120 valence electrons. The van der Waals surface area contributed by atoms with Gasteiger partial charge in [0.05, 0.1) is 19.6 Å². The molecule has 3 fully saturated rings. The SMILES string of the molecule is CC(C(=O)N1CCc2ccccc21)[N+]12CCN(CC1)CC2.[Cl-]. The molecular weight excluding hydrogens is 298 g/mol. The second-order valence-electron chi connectivity index (χ2n) is 6.78. The number of piperazine rings is 3. The molecule has 2 bridgehead atoms. The molecule has 4 heterocycles. The number of anilines is 1. The Morgan fingerprint density at radius 1 is 1.09 bits per heavy atom. The van der Waals surface area contributed by atoms with Crippen molar-refractivity contribution in [1.82, 2.24) is 4.90 Å². The van der Waals surface area contributed by atoms with Gasteiger partial charge >= 0.3 is 0 Å². The normalized spacial score (nSPS) is 30.6. The number of benzene rings is 1. The second-order valence-corrected chi connectivity index (χ2v) is 6.78. The number of nitrogens with zero attached hydrogens (tertiary/aromatic N) is 3. The number of amides is 1. The number of hydrogen-bond acceptors (Lipinski definition) is 2. The van der Waals surface area contributed by atoms with Crippen molar-refractivity contribution in [2.75, 3.05) is 50.7 Å². The van der Waals surface area contributed by atoms with E-state index in [1.165, 1.54) is 5.56 Å². The van der Waals surface area contributed by atoms with Gasteiger partial charge in [-0.2, -0.15) is 0 Å². The van der Waals surface area contributed by atoms with Crippen molar-refractivity contribution in [2.24, 2.45) is 0 Å². The van der Waals surface area contributed by atoms with E-state index in [1.807, 2.05) is 11.0 Å². The van der Waals surface area contributed by atoms with Gasteiger partial charge in [-0.15, -0.1) is 0 Å². The van der Waals surface area contributed by atoms with Crippen LogP contribution in [0.5, 0.6) is 0 Å². The van der Waals surface area contributed by atoms with Crippen LogP contribution in [0.1, 0.15) is 12.5 Å². The van der Waals surface area contributed by atoms with Crippen molar-refractivity contribution in [2.45, 2.75) is 19.4 Å². The summed E-state index contributed by atoms with van der Waals surface area (Å²) in [5, 5.41) is 0. The van der Waals surface area contributed by atoms with Gasteiger partial charge in [-0.25, -0.2) is 0 Å². The van der Waals surface area contributed by atoms with Crippen LogP contribution in [0.15, 0.2) is 24.3 Å². The van der Waals surface area contributed by atoms with Crippen molar-refractivity contribution < 1.29 is 21.7 Å². The first kappa shape index (κ1) is 15.8. The van der Waals surface area contributed by atoms with Crippen LogP contribution < -0.4 is 17.3 Å². The van der Waals surface area contributed by atoms with Crippen LogP contribution in [0, 0.1) is 0 Å². The van der Waals surface area contributed by atoms with E-state index in [2.05, 4.69) is 30.0 Å². The van der Waals surface area contributed by atoms with E-state index in [0.717, 1.165) is 62.4 Å². The van der Waals surface area contributed by atoms with Gasteiger partial charge in [-0.1, -0.05) is 18.2 Å². The molecule has 22 heavy (non-hydrogen) atoms. The Morgan fingerprint density at radius 3 is 2.41 bits per heavy atom. The van der Waals surface area contributed by atoms with Crippen LogP contribution in [0.2, 0.25) is 0 Å². The monoisotopic (exact) mass is 321 g/mol. The molecule has 5 rings (SSSR count). The van der Waals surface area contributed by atoms with Gasteiger partial charge in [0.2, 0.25) is 0 Å². The third kappa shape index (κ3) is 2.34. The Labute approximate surface area is 138 Å². The number of fused-ring (bicyclic) bond motifs is 4. The molecule has 0 aromatic heterocycles. The molecule has 3 saturated heterocycles. The van der Waals surface area contributed by atoms with Crippen molar-refractivity contribution in [3.63, 3.8) is 0 Å². The maximum absolute atomic E-state index is 13.1. The molecule has 1 amide bonds. The van der Waals surface area contributed by atoms with E-state index < -0.39 is 0 Å². The van der Waals surface area contributed by atoms with Gasteiger partial charge in [0.25, 0.3) is 5.91 Å². The zero-order valence-corrected chi connectivity index (χ0v) is 13.9. The molecule has 1 aromatic carbocycles. The van der Waals surface area contributed by atoms with Gasteiger partial charge in [-0.05, 0) is 25.0 Å². The van der Waals surface area contributed by atoms with Gasteiger partial charge in [0.15, 0.2) is 6.04 Å². The maximum atomic E-state index is 13.1. The zero-order chi connectivity index (χ0) is 14.4. The first-order valence-corrected chi connectivity index (χ1v) is 8.17. The van der Waals surface area contributed by atoms with E-state index in [-0.39, 0.29) is 18.4 Å². The first-order chi connectivity index (χ1) is 10.2. The van der Waals surface area contributed by atoms with E-state index in [9.17, 15) is 4.79 Å². The lowest BCUT2D eigenvalue weighted by Crippen LogP contribution is -3.00. The number of para-hydroxylation sites is 1. The summed E-state index contributed by atoms with van der Waals surface area (Å²) >= 11 is 0. The van der Waals surface area contributed by atoms with Crippen LogP contribution in [0.3, 0.4) is 0 Å². The molecule has 0 saturated carbocycles. The summed E-state index contributed by atoms with van der Waals surface area (Å²) in [6.45, 7) is 9.92. The molecule has 4 nitrogen and oxygen atoms in total. The summed E-state index contributed by atoms with van der Waals surface area (Å²) in [7, 11) is 0. The highest BCUT2D eigenvalue weighted by atomic mass is 35.5. The van der Waals surface area contributed by atoms with E-state index in [1.54, 1.807) is 0 Å². The fourth-order valence-electron chi connectivity index (χ4n) is 4.30. The fourth-order valence-corrected chi connectivity index (χ4v) is 4.30. The molecule has 0 radical (unpaired) electrons. The Bertz CT molecular complexity index is 555. The van der Waals surface area contributed by atoms with E-state index >= 15 is 0 Å². The standard InChI is InChI=1S/C17H24N3O.ClH/c1-14(20-11-8-18(9-12-20)10-13-20)17(21)19-7-6-15-4-2-3-5-16(15)19;/h2-5,14H,6-13H2,1H3;1H/q+1;/p-1. The first-order valence-electron chi connectivity index (χ1n) is 8.17. The lowest BCUT2D eigenvalue weighted by atomic mass is 10.1. The molecule has 1 atom stereocenters. The summed E-state index contributed by atoms with van der Waals surface area (Å²) in [6, 6.07) is 8.46. The highest BCUT2D eigenvalue weighted by Crippen LogP contribution is 2.31. The highest BCUT2D eigenvalue weighted by molar-refractivity contribution is 5.98. The Hall–Kier alpha value is -1.10. The molecule has 0 spiro atoms. The minimum atomic E-state index is 0. The maximum Gasteiger partial charge on any atom is 0.285 e. The summed E-state index contributed by atoms with van der Waals surface area (Å²) < 4.78 is 1.01. The number of carbonyl (C=O) groups is 1. The van der Waals surface area contributed by atoms with Gasteiger partial charge in [0.1, 0.15) is 0 Å². The fraction of sp³-hybridized carbons (Fsp3) is 0.588. The summed E-state index contributed by atoms with van der Waals surface area (Å²) in [4.78, 5) is 17.7. The predicted octanol–water partition coefficient (Wildman–Crippen LogP) is -1.89. The van der Waals surface area contributed by atoms with Gasteiger partial charge in [0, 0.05) is 31.9 Å². The van der Waals surface area contributed by atoms with Crippen LogP contribution in [-0.2, 0) is 11.2 Å². The molecule has 4 aliphatic rings. The Morgan fingerprint density at radius 2 is 1.73 bits per heavy atom. The number of carbonyl (C=O) groups excluding carboxylic acids is 1. The minimum Gasteiger partial charge on any atom is -1.00 e. The smallest absolute Gasteiger partial charge is 0.285 e. The average Bonchev–Trinajstić information content (AvgIpc) is 2.99. The molecule has 1 unspecified atom stereocenters. The Balaban J connectivity index is 0.00000144. The number of halogens is 1. The molecular formula is C17H24ClN3O. The quantitative estimate of drug-likeness (QED) is 0.595. The molecule has 1 aromatic rings. The van der Waals surface area contributed by atoms with Crippen LogP contribution in [0.25, 0.3) is 0 Å². The number of rotatable bonds is 2. The minimum absolute atomic E-state index is 0. The summed E-state index contributed by atoms with van der Waals surface area (Å²) in [5.74, 6) is 0.329. The lowest BCUT2D eigenvalue weighted by Gasteiger charge is -2.53. The van der Waals surface area contributed by atoms with E-state index in [0.29, 0.717) is 5.91 Å². The predicted molar refractivity (Wildman–Crippen MR) is 83.3 cm³/mol. The van der Waals surface area contributed by atoms with E-state index in [4.69, 9.17) is 0 Å². The van der Waals surface area contributed by atoms with Gasteiger partial charge < -0.3 is 21.8 Å². The number of quaternary nitrogens is 1. The van der Waals surface area contributed by atoms with Crippen molar-refractivity contribution in [3.05, 3.63) is 29.8 Å². The number of hydrogen-bond donors (Lipinski definition) is 0. The molecule has 0 N–H and O–H groups in total. The summed E-state index contributed by atoms with van der Waals surface area (Å²) in [5.41, 5.74) is 2.46. The molecule has 0 aliphatic carbocycles. The second kappa shape index (κ2) is 5.84. The average molecular weight is 322 g/mol. The van der Waals surface area contributed by atoms with Gasteiger partial charge in [-0.3, -0.25) is 9.69 Å². The third-order valence-electron chi connectivity index (χ3n) is 5.92. The Kier molecular flexibility index (Phi) is 4.19. The van der Waals surface area contributed by atoms with Crippen molar-refractivity contribution >= 4 is 11.6 Å². The third-order valence-corrected chi connectivity index (χ3v) is 5.92. The largest absolute Gasteiger partial charge is 1.00 e. The molecule has 5 heteroatoms. The van der Waals surface area contributed by atoms with Crippen molar-refractivity contribution in [1.29, 1.82) is 0 Å². The topological polar surface area (TPSA) is 23.6 Å². The highest BCUT2D eigenvalue weighted by Gasteiger charge is 2.46.